The summed E-state index contributed by atoms with van der Waals surface area (Å²) in [6.45, 7) is 1.36. The molecule has 0 N–H and O–H groups in total. The van der Waals surface area contributed by atoms with Crippen LogP contribution in [-0.2, 0) is 23.8 Å². The van der Waals surface area contributed by atoms with Gasteiger partial charge in [-0.05, 0) is 18.6 Å². The minimum absolute atomic E-state index is 0.0199. The summed E-state index contributed by atoms with van der Waals surface area (Å²) in [5.41, 5.74) is -0.659. The van der Waals surface area contributed by atoms with Crippen LogP contribution >= 0.6 is 0 Å². The first-order chi connectivity index (χ1) is 9.36. The van der Waals surface area contributed by atoms with Gasteiger partial charge in [0.1, 0.15) is 5.78 Å². The second kappa shape index (κ2) is 5.44. The van der Waals surface area contributed by atoms with Gasteiger partial charge in [-0.1, -0.05) is 23.4 Å². The molecule has 1 aromatic heterocycles. The molecule has 2 rings (SSSR count). The average Bonchev–Trinajstić information content (AvgIpc) is 2.75. The molecule has 0 aliphatic heterocycles. The molecular formula is C13H11F3N2O2. The third-order valence-corrected chi connectivity index (χ3v) is 2.58. The Kier molecular flexibility index (Phi) is 3.87. The first kappa shape index (κ1) is 14.2. The fraction of sp³-hybridized carbons (Fsp3) is 0.308. The van der Waals surface area contributed by atoms with Crippen molar-refractivity contribution in [3.05, 3.63) is 47.1 Å². The van der Waals surface area contributed by atoms with Crippen LogP contribution in [0.15, 0.2) is 28.8 Å². The number of benzene rings is 1. The van der Waals surface area contributed by atoms with E-state index < -0.39 is 11.7 Å². The van der Waals surface area contributed by atoms with E-state index in [2.05, 4.69) is 10.1 Å². The molecule has 20 heavy (non-hydrogen) atoms. The van der Waals surface area contributed by atoms with Crippen LogP contribution in [-0.4, -0.2) is 15.9 Å². The van der Waals surface area contributed by atoms with Crippen LogP contribution < -0.4 is 0 Å². The van der Waals surface area contributed by atoms with Crippen molar-refractivity contribution in [2.45, 2.75) is 25.9 Å². The number of aromatic nitrogens is 2. The number of rotatable bonds is 4. The van der Waals surface area contributed by atoms with Crippen LogP contribution in [0.5, 0.6) is 0 Å². The number of halogens is 3. The summed E-state index contributed by atoms with van der Waals surface area (Å²) in [5.74, 6) is 0.0748. The molecule has 1 heterocycles. The third kappa shape index (κ3) is 3.43. The topological polar surface area (TPSA) is 56.0 Å². The van der Waals surface area contributed by atoms with Crippen LogP contribution in [0.4, 0.5) is 13.2 Å². The van der Waals surface area contributed by atoms with E-state index in [9.17, 15) is 18.0 Å². The predicted octanol–water partition coefficient (Wildman–Crippen LogP) is 2.81. The van der Waals surface area contributed by atoms with Crippen molar-refractivity contribution in [1.29, 1.82) is 0 Å². The van der Waals surface area contributed by atoms with Gasteiger partial charge in [0.2, 0.25) is 5.89 Å². The third-order valence-electron chi connectivity index (χ3n) is 2.58. The van der Waals surface area contributed by atoms with Crippen molar-refractivity contribution in [3.8, 4) is 0 Å². The van der Waals surface area contributed by atoms with Gasteiger partial charge in [0.05, 0.1) is 12.0 Å². The molecule has 2 aromatic rings. The largest absolute Gasteiger partial charge is 0.416 e. The van der Waals surface area contributed by atoms with E-state index in [1.54, 1.807) is 0 Å². The van der Waals surface area contributed by atoms with Crippen LogP contribution in [0.25, 0.3) is 0 Å². The second-order valence-electron chi connectivity index (χ2n) is 4.31. The number of hydrogen-bond acceptors (Lipinski definition) is 4. The van der Waals surface area contributed by atoms with E-state index in [1.165, 1.54) is 25.1 Å². The zero-order chi connectivity index (χ0) is 14.8. The molecule has 0 bridgehead atoms. The van der Waals surface area contributed by atoms with E-state index >= 15 is 0 Å². The summed E-state index contributed by atoms with van der Waals surface area (Å²) in [5, 5.41) is 3.58. The minimum Gasteiger partial charge on any atom is -0.339 e. The van der Waals surface area contributed by atoms with Gasteiger partial charge in [-0.3, -0.25) is 4.79 Å². The Hall–Kier alpha value is -2.18. The summed E-state index contributed by atoms with van der Waals surface area (Å²) >= 11 is 0. The summed E-state index contributed by atoms with van der Waals surface area (Å²) in [6.07, 6.45) is -4.55. The molecule has 0 fully saturated rings. The van der Waals surface area contributed by atoms with Gasteiger partial charge in [-0.2, -0.15) is 18.2 Å². The minimum atomic E-state index is -4.43. The standard InChI is InChI=1S/C13H11F3N2O2/c1-8(19)6-12-17-11(18-20-12)7-9-4-2-3-5-10(9)13(14,15)16/h2-5H,6-7H2,1H3. The highest BCUT2D eigenvalue weighted by Gasteiger charge is 2.33. The Labute approximate surface area is 112 Å². The van der Waals surface area contributed by atoms with Crippen molar-refractivity contribution < 1.29 is 22.5 Å². The number of carbonyl (C=O) groups is 1. The smallest absolute Gasteiger partial charge is 0.339 e. The monoisotopic (exact) mass is 284 g/mol. The number of hydrogen-bond donors (Lipinski definition) is 0. The maximum absolute atomic E-state index is 12.8. The molecule has 1 aromatic carbocycles. The lowest BCUT2D eigenvalue weighted by Crippen LogP contribution is -2.09. The van der Waals surface area contributed by atoms with Gasteiger partial charge in [0, 0.05) is 6.42 Å². The number of carbonyl (C=O) groups excluding carboxylic acids is 1. The normalized spacial score (nSPS) is 11.6. The van der Waals surface area contributed by atoms with Crippen molar-refractivity contribution >= 4 is 5.78 Å². The van der Waals surface area contributed by atoms with E-state index in [-0.39, 0.29) is 35.9 Å². The molecule has 0 atom stereocenters. The number of nitrogens with zero attached hydrogens (tertiary/aromatic N) is 2. The zero-order valence-corrected chi connectivity index (χ0v) is 10.6. The van der Waals surface area contributed by atoms with Gasteiger partial charge in [0.25, 0.3) is 0 Å². The van der Waals surface area contributed by atoms with Gasteiger partial charge in [0.15, 0.2) is 5.82 Å². The lowest BCUT2D eigenvalue weighted by molar-refractivity contribution is -0.138. The summed E-state index contributed by atoms with van der Waals surface area (Å²) in [4.78, 5) is 14.8. The number of alkyl halides is 3. The molecule has 106 valence electrons. The summed E-state index contributed by atoms with van der Waals surface area (Å²) < 4.78 is 43.3. The fourth-order valence-electron chi connectivity index (χ4n) is 1.77. The Balaban J connectivity index is 2.22. The number of Topliss-reactive ketones (excluding diaryl/α,β-unsaturated/α-hetero) is 1. The molecule has 7 heteroatoms. The lowest BCUT2D eigenvalue weighted by Gasteiger charge is -2.10. The van der Waals surface area contributed by atoms with Gasteiger partial charge >= 0.3 is 6.18 Å². The van der Waals surface area contributed by atoms with Gasteiger partial charge in [-0.15, -0.1) is 0 Å². The Morgan fingerprint density at radius 3 is 2.65 bits per heavy atom. The fourth-order valence-corrected chi connectivity index (χ4v) is 1.77. The maximum atomic E-state index is 12.8. The predicted molar refractivity (Wildman–Crippen MR) is 62.9 cm³/mol. The Bertz CT molecular complexity index is 620. The molecular weight excluding hydrogens is 273 g/mol. The molecule has 0 spiro atoms. The van der Waals surface area contributed by atoms with Crippen molar-refractivity contribution in [2.75, 3.05) is 0 Å². The SMILES string of the molecule is CC(=O)Cc1nc(Cc2ccccc2C(F)(F)F)no1. The molecule has 0 radical (unpaired) electrons. The molecule has 0 amide bonds. The van der Waals surface area contributed by atoms with E-state index in [1.807, 2.05) is 0 Å². The highest BCUT2D eigenvalue weighted by Crippen LogP contribution is 2.32. The van der Waals surface area contributed by atoms with Crippen molar-refractivity contribution in [3.63, 3.8) is 0 Å². The number of ketones is 1. The van der Waals surface area contributed by atoms with Crippen molar-refractivity contribution in [1.82, 2.24) is 10.1 Å². The van der Waals surface area contributed by atoms with E-state index in [0.29, 0.717) is 0 Å². The first-order valence-electron chi connectivity index (χ1n) is 5.82. The average molecular weight is 284 g/mol. The van der Waals surface area contributed by atoms with Gasteiger partial charge < -0.3 is 4.52 Å². The van der Waals surface area contributed by atoms with Crippen LogP contribution in [0.3, 0.4) is 0 Å². The first-order valence-corrected chi connectivity index (χ1v) is 5.82. The molecule has 0 aliphatic rings. The molecule has 0 saturated carbocycles. The van der Waals surface area contributed by atoms with E-state index in [4.69, 9.17) is 4.52 Å². The lowest BCUT2D eigenvalue weighted by atomic mass is 10.0. The van der Waals surface area contributed by atoms with Crippen molar-refractivity contribution in [2.24, 2.45) is 0 Å². The molecule has 0 saturated heterocycles. The van der Waals surface area contributed by atoms with Crippen LogP contribution in [0.2, 0.25) is 0 Å². The summed E-state index contributed by atoms with van der Waals surface area (Å²) in [6, 6.07) is 5.21. The zero-order valence-electron chi connectivity index (χ0n) is 10.6. The highest BCUT2D eigenvalue weighted by molar-refractivity contribution is 5.77. The van der Waals surface area contributed by atoms with Gasteiger partial charge in [-0.25, -0.2) is 0 Å². The van der Waals surface area contributed by atoms with Crippen LogP contribution in [0, 0.1) is 0 Å². The highest BCUT2D eigenvalue weighted by atomic mass is 19.4. The molecule has 0 unspecified atom stereocenters. The summed E-state index contributed by atoms with van der Waals surface area (Å²) in [7, 11) is 0. The quantitative estimate of drug-likeness (QED) is 0.866. The van der Waals surface area contributed by atoms with E-state index in [0.717, 1.165) is 6.07 Å². The maximum Gasteiger partial charge on any atom is 0.416 e. The Morgan fingerprint density at radius 1 is 1.30 bits per heavy atom. The van der Waals surface area contributed by atoms with Crippen LogP contribution in [0.1, 0.15) is 29.8 Å². The molecule has 4 nitrogen and oxygen atoms in total. The second-order valence-corrected chi connectivity index (χ2v) is 4.31. The molecule has 0 aliphatic carbocycles. The Morgan fingerprint density at radius 2 is 2.00 bits per heavy atom.